The Morgan fingerprint density at radius 3 is 2.43 bits per heavy atom. The van der Waals surface area contributed by atoms with Gasteiger partial charge in [0.15, 0.2) is 0 Å². The van der Waals surface area contributed by atoms with Gasteiger partial charge in [-0.15, -0.1) is 0 Å². The van der Waals surface area contributed by atoms with Crippen molar-refractivity contribution in [2.45, 2.75) is 70.6 Å². The van der Waals surface area contributed by atoms with E-state index in [0.29, 0.717) is 12.1 Å². The molecule has 1 aliphatic carbocycles. The van der Waals surface area contributed by atoms with Crippen LogP contribution < -0.4 is 10.2 Å². The maximum absolute atomic E-state index is 9.63. The predicted molar refractivity (Wildman–Crippen MR) is 96.9 cm³/mol. The Hall–Kier alpha value is -1.06. The second-order valence-corrected chi connectivity index (χ2v) is 7.67. The Bertz CT molecular complexity index is 479. The zero-order valence-corrected chi connectivity index (χ0v) is 14.7. The van der Waals surface area contributed by atoms with Crippen molar-refractivity contribution in [2.24, 2.45) is 5.92 Å². The van der Waals surface area contributed by atoms with Crippen molar-refractivity contribution in [1.29, 1.82) is 0 Å². The molecule has 0 aromatic heterocycles. The molecule has 128 valence electrons. The molecule has 1 saturated carbocycles. The third-order valence-electron chi connectivity index (χ3n) is 5.64. The molecule has 2 aliphatic rings. The van der Waals surface area contributed by atoms with E-state index >= 15 is 0 Å². The Labute approximate surface area is 141 Å². The highest BCUT2D eigenvalue weighted by Gasteiger charge is 2.21. The molecule has 3 rings (SSSR count). The van der Waals surface area contributed by atoms with E-state index in [1.165, 1.54) is 36.9 Å². The van der Waals surface area contributed by atoms with Crippen LogP contribution in [-0.4, -0.2) is 30.3 Å². The molecule has 2 fully saturated rings. The van der Waals surface area contributed by atoms with Gasteiger partial charge >= 0.3 is 0 Å². The van der Waals surface area contributed by atoms with Gasteiger partial charge < -0.3 is 15.3 Å². The molecule has 3 heteroatoms. The summed E-state index contributed by atoms with van der Waals surface area (Å²) in [5.41, 5.74) is 2.67. The van der Waals surface area contributed by atoms with Crippen LogP contribution in [-0.2, 0) is 0 Å². The van der Waals surface area contributed by atoms with Crippen LogP contribution in [0.3, 0.4) is 0 Å². The summed E-state index contributed by atoms with van der Waals surface area (Å²) in [6.07, 6.45) is 7.07. The van der Waals surface area contributed by atoms with E-state index in [0.717, 1.165) is 31.8 Å². The maximum atomic E-state index is 9.63. The molecular formula is C20H32N2O. The third kappa shape index (κ3) is 4.48. The van der Waals surface area contributed by atoms with Crippen molar-refractivity contribution in [3.05, 3.63) is 29.8 Å². The van der Waals surface area contributed by atoms with Gasteiger partial charge in [0, 0.05) is 30.9 Å². The van der Waals surface area contributed by atoms with E-state index in [1.54, 1.807) is 0 Å². The maximum Gasteiger partial charge on any atom is 0.0574 e. The van der Waals surface area contributed by atoms with Crippen LogP contribution in [0, 0.1) is 5.92 Å². The molecule has 23 heavy (non-hydrogen) atoms. The molecular weight excluding hydrogens is 284 g/mol. The van der Waals surface area contributed by atoms with E-state index in [9.17, 15) is 5.11 Å². The fraction of sp³-hybridized carbons (Fsp3) is 0.700. The first-order chi connectivity index (χ1) is 11.1. The Kier molecular flexibility index (Phi) is 5.60. The smallest absolute Gasteiger partial charge is 0.0574 e. The average Bonchev–Trinajstić information content (AvgIpc) is 2.56. The van der Waals surface area contributed by atoms with Crippen molar-refractivity contribution in [1.82, 2.24) is 5.32 Å². The van der Waals surface area contributed by atoms with E-state index in [2.05, 4.69) is 48.3 Å². The van der Waals surface area contributed by atoms with Gasteiger partial charge in [0.1, 0.15) is 0 Å². The molecule has 2 N–H and O–H groups in total. The van der Waals surface area contributed by atoms with E-state index < -0.39 is 0 Å². The quantitative estimate of drug-likeness (QED) is 0.885. The number of benzene rings is 1. The highest BCUT2D eigenvalue weighted by molar-refractivity contribution is 5.48. The number of piperidine rings is 1. The van der Waals surface area contributed by atoms with Crippen LogP contribution in [0.2, 0.25) is 0 Å². The number of aliphatic hydroxyl groups excluding tert-OH is 1. The lowest BCUT2D eigenvalue weighted by Crippen LogP contribution is -2.36. The topological polar surface area (TPSA) is 35.5 Å². The number of hydrogen-bond acceptors (Lipinski definition) is 3. The summed E-state index contributed by atoms with van der Waals surface area (Å²) >= 11 is 0. The molecule has 1 saturated heterocycles. The van der Waals surface area contributed by atoms with Gasteiger partial charge in [0.05, 0.1) is 6.10 Å². The lowest BCUT2D eigenvalue weighted by Gasteiger charge is -2.32. The van der Waals surface area contributed by atoms with Crippen LogP contribution in [0.15, 0.2) is 24.3 Å². The van der Waals surface area contributed by atoms with Gasteiger partial charge in [0.2, 0.25) is 0 Å². The number of hydrogen-bond donors (Lipinski definition) is 2. The van der Waals surface area contributed by atoms with Crippen LogP contribution in [0.1, 0.15) is 64.0 Å². The van der Waals surface area contributed by atoms with Gasteiger partial charge in [0.25, 0.3) is 0 Å². The highest BCUT2D eigenvalue weighted by Crippen LogP contribution is 2.27. The summed E-state index contributed by atoms with van der Waals surface area (Å²) in [6.45, 7) is 6.59. The van der Waals surface area contributed by atoms with Gasteiger partial charge in [-0.3, -0.25) is 0 Å². The minimum atomic E-state index is -0.104. The van der Waals surface area contributed by atoms with Crippen molar-refractivity contribution >= 4 is 5.69 Å². The molecule has 0 radical (unpaired) electrons. The number of nitrogens with one attached hydrogen (secondary N) is 1. The summed E-state index contributed by atoms with van der Waals surface area (Å²) in [4.78, 5) is 2.39. The van der Waals surface area contributed by atoms with Gasteiger partial charge in [-0.1, -0.05) is 31.9 Å². The summed E-state index contributed by atoms with van der Waals surface area (Å²) in [6, 6.07) is 10.1. The lowest BCUT2D eigenvalue weighted by molar-refractivity contribution is 0.145. The van der Waals surface area contributed by atoms with Crippen LogP contribution >= 0.6 is 0 Å². The molecule has 1 aromatic rings. The summed E-state index contributed by atoms with van der Waals surface area (Å²) < 4.78 is 0. The first-order valence-corrected chi connectivity index (χ1v) is 9.41. The van der Waals surface area contributed by atoms with Gasteiger partial charge in [-0.05, 0) is 56.2 Å². The molecule has 1 aliphatic heterocycles. The minimum Gasteiger partial charge on any atom is -0.393 e. The van der Waals surface area contributed by atoms with Crippen molar-refractivity contribution in [2.75, 3.05) is 18.0 Å². The Morgan fingerprint density at radius 2 is 1.78 bits per heavy atom. The Morgan fingerprint density at radius 1 is 1.09 bits per heavy atom. The highest BCUT2D eigenvalue weighted by atomic mass is 16.3. The van der Waals surface area contributed by atoms with E-state index in [1.807, 2.05) is 0 Å². The molecule has 0 amide bonds. The largest absolute Gasteiger partial charge is 0.393 e. The summed E-state index contributed by atoms with van der Waals surface area (Å²) in [5, 5.41) is 13.5. The molecule has 1 aromatic carbocycles. The molecule has 1 heterocycles. The first-order valence-electron chi connectivity index (χ1n) is 9.41. The fourth-order valence-corrected chi connectivity index (χ4v) is 4.13. The zero-order valence-electron chi connectivity index (χ0n) is 14.7. The van der Waals surface area contributed by atoms with Crippen LogP contribution in [0.25, 0.3) is 0 Å². The monoisotopic (exact) mass is 316 g/mol. The summed E-state index contributed by atoms with van der Waals surface area (Å²) in [7, 11) is 0. The average molecular weight is 316 g/mol. The number of rotatable bonds is 4. The third-order valence-corrected chi connectivity index (χ3v) is 5.64. The SMILES string of the molecule is CC1CCCC(NC(C)c2ccc(N3CCC(O)CC3)cc2)C1. The zero-order chi connectivity index (χ0) is 16.2. The minimum absolute atomic E-state index is 0.104. The number of anilines is 1. The van der Waals surface area contributed by atoms with Crippen LogP contribution in [0.5, 0.6) is 0 Å². The lowest BCUT2D eigenvalue weighted by atomic mass is 9.86. The second-order valence-electron chi connectivity index (χ2n) is 7.67. The second kappa shape index (κ2) is 7.67. The normalized spacial score (nSPS) is 27.9. The molecule has 0 bridgehead atoms. The van der Waals surface area contributed by atoms with E-state index in [4.69, 9.17) is 0 Å². The summed E-state index contributed by atoms with van der Waals surface area (Å²) in [5.74, 6) is 0.866. The van der Waals surface area contributed by atoms with E-state index in [-0.39, 0.29) is 6.10 Å². The number of nitrogens with zero attached hydrogens (tertiary/aromatic N) is 1. The van der Waals surface area contributed by atoms with Gasteiger partial charge in [-0.2, -0.15) is 0 Å². The molecule has 3 unspecified atom stereocenters. The van der Waals surface area contributed by atoms with Crippen molar-refractivity contribution in [3.8, 4) is 0 Å². The Balaban J connectivity index is 1.56. The van der Waals surface area contributed by atoms with Crippen molar-refractivity contribution in [3.63, 3.8) is 0 Å². The van der Waals surface area contributed by atoms with Crippen molar-refractivity contribution < 1.29 is 5.11 Å². The van der Waals surface area contributed by atoms with Gasteiger partial charge in [-0.25, -0.2) is 0 Å². The molecule has 3 atom stereocenters. The predicted octanol–water partition coefficient (Wildman–Crippen LogP) is 3.88. The van der Waals surface area contributed by atoms with Crippen LogP contribution in [0.4, 0.5) is 5.69 Å². The fourth-order valence-electron chi connectivity index (χ4n) is 4.13. The number of aliphatic hydroxyl groups is 1. The molecule has 3 nitrogen and oxygen atoms in total. The molecule has 0 spiro atoms. The first kappa shape index (κ1) is 16.8. The standard InChI is InChI=1S/C20H32N2O/c1-15-4-3-5-18(14-15)21-16(2)17-6-8-19(9-7-17)22-12-10-20(23)11-13-22/h6-9,15-16,18,20-21,23H,3-5,10-14H2,1-2H3.